The van der Waals surface area contributed by atoms with Gasteiger partial charge in [0, 0.05) is 0 Å². The molecule has 2 aromatic heterocycles. The molecule has 1 unspecified atom stereocenters. The standard InChI is InChI=1S/C29H26N2O6S/c1-5-11-36-19-10-9-18(15-21(19)35-6-2)25-23(26(32)20-8-7-12-37-20)27(33)28(34)31(25)29-30-24-17(4)13-16(3)14-22(24)38-29/h5,7-10,12-15,25,33H,1,6,11H2,2-4H3. The van der Waals surface area contributed by atoms with Crippen molar-refractivity contribution in [1.82, 2.24) is 4.98 Å². The number of aryl methyl sites for hydroxylation is 2. The second-order valence-electron chi connectivity index (χ2n) is 8.81. The van der Waals surface area contributed by atoms with Gasteiger partial charge in [-0.05, 0) is 67.8 Å². The topological polar surface area (TPSA) is 102 Å². The Morgan fingerprint density at radius 1 is 1.21 bits per heavy atom. The number of anilines is 1. The van der Waals surface area contributed by atoms with Gasteiger partial charge >= 0.3 is 0 Å². The highest BCUT2D eigenvalue weighted by atomic mass is 32.1. The highest BCUT2D eigenvalue weighted by molar-refractivity contribution is 7.22. The van der Waals surface area contributed by atoms with Crippen LogP contribution in [0.1, 0.15) is 40.2 Å². The van der Waals surface area contributed by atoms with Gasteiger partial charge in [0.2, 0.25) is 5.78 Å². The van der Waals surface area contributed by atoms with Gasteiger partial charge in [-0.25, -0.2) is 4.98 Å². The number of ketones is 1. The van der Waals surface area contributed by atoms with Crippen molar-refractivity contribution in [2.75, 3.05) is 18.1 Å². The normalized spacial score (nSPS) is 15.4. The van der Waals surface area contributed by atoms with Gasteiger partial charge in [0.1, 0.15) is 6.61 Å². The van der Waals surface area contributed by atoms with E-state index in [0.29, 0.717) is 28.8 Å². The van der Waals surface area contributed by atoms with E-state index in [4.69, 9.17) is 18.9 Å². The fraction of sp³-hybridized carbons (Fsp3) is 0.207. The first-order valence-corrected chi connectivity index (χ1v) is 12.9. The minimum atomic E-state index is -0.977. The van der Waals surface area contributed by atoms with Crippen LogP contribution in [0.15, 0.2) is 77.1 Å². The van der Waals surface area contributed by atoms with E-state index in [2.05, 4.69) is 6.58 Å². The van der Waals surface area contributed by atoms with Crippen molar-refractivity contribution >= 4 is 38.4 Å². The van der Waals surface area contributed by atoms with Gasteiger partial charge in [-0.2, -0.15) is 0 Å². The molecule has 5 rings (SSSR count). The first-order valence-electron chi connectivity index (χ1n) is 12.1. The number of amides is 1. The van der Waals surface area contributed by atoms with Crippen LogP contribution in [-0.4, -0.2) is 35.0 Å². The summed E-state index contributed by atoms with van der Waals surface area (Å²) in [6, 6.07) is 11.3. The van der Waals surface area contributed by atoms with Crippen LogP contribution in [-0.2, 0) is 4.79 Å². The van der Waals surface area contributed by atoms with Gasteiger partial charge < -0.3 is 19.0 Å². The second kappa shape index (κ2) is 10.2. The largest absolute Gasteiger partial charge is 0.503 e. The highest BCUT2D eigenvalue weighted by Crippen LogP contribution is 2.46. The molecule has 0 bridgehead atoms. The number of benzene rings is 2. The number of hydrogen-bond acceptors (Lipinski definition) is 8. The number of carbonyl (C=O) groups is 2. The van der Waals surface area contributed by atoms with E-state index >= 15 is 0 Å². The predicted molar refractivity (Wildman–Crippen MR) is 145 cm³/mol. The Morgan fingerprint density at radius 3 is 2.74 bits per heavy atom. The van der Waals surface area contributed by atoms with Gasteiger partial charge in [-0.15, -0.1) is 0 Å². The summed E-state index contributed by atoms with van der Waals surface area (Å²) in [4.78, 5) is 33.2. The number of ether oxygens (including phenoxy) is 2. The maximum atomic E-state index is 13.6. The van der Waals surface area contributed by atoms with Gasteiger partial charge in [-0.1, -0.05) is 36.1 Å². The number of aliphatic hydroxyl groups is 1. The molecule has 0 radical (unpaired) electrons. The van der Waals surface area contributed by atoms with Crippen molar-refractivity contribution in [2.24, 2.45) is 0 Å². The van der Waals surface area contributed by atoms with Crippen LogP contribution in [0.2, 0.25) is 0 Å². The van der Waals surface area contributed by atoms with Crippen molar-refractivity contribution in [3.63, 3.8) is 0 Å². The molecule has 8 nitrogen and oxygen atoms in total. The molecule has 1 N–H and O–H groups in total. The minimum Gasteiger partial charge on any atom is -0.503 e. The van der Waals surface area contributed by atoms with Crippen LogP contribution in [0.4, 0.5) is 5.13 Å². The lowest BCUT2D eigenvalue weighted by Crippen LogP contribution is -2.31. The van der Waals surface area contributed by atoms with Crippen molar-refractivity contribution in [3.8, 4) is 11.5 Å². The first-order chi connectivity index (χ1) is 18.3. The number of furan rings is 1. The van der Waals surface area contributed by atoms with Gasteiger partial charge in [0.05, 0.1) is 34.7 Å². The second-order valence-corrected chi connectivity index (χ2v) is 9.82. The van der Waals surface area contributed by atoms with E-state index in [1.165, 1.54) is 28.6 Å². The molecule has 0 saturated heterocycles. The average Bonchev–Trinajstić information content (AvgIpc) is 3.62. The summed E-state index contributed by atoms with van der Waals surface area (Å²) in [5.74, 6) is -1.02. The number of thiazole rings is 1. The highest BCUT2D eigenvalue weighted by Gasteiger charge is 2.46. The fourth-order valence-electron chi connectivity index (χ4n) is 4.58. The zero-order valence-corrected chi connectivity index (χ0v) is 22.0. The number of rotatable bonds is 9. The maximum absolute atomic E-state index is 13.6. The molecule has 38 heavy (non-hydrogen) atoms. The molecule has 1 aliphatic rings. The van der Waals surface area contributed by atoms with Gasteiger partial charge in [0.15, 0.2) is 28.1 Å². The number of nitrogens with zero attached hydrogens (tertiary/aromatic N) is 2. The van der Waals surface area contributed by atoms with Crippen LogP contribution in [0.3, 0.4) is 0 Å². The quantitative estimate of drug-likeness (QED) is 0.201. The van der Waals surface area contributed by atoms with Crippen LogP contribution < -0.4 is 14.4 Å². The number of aromatic nitrogens is 1. The fourth-order valence-corrected chi connectivity index (χ4v) is 5.75. The molecule has 0 fully saturated rings. The number of aliphatic hydroxyl groups excluding tert-OH is 1. The van der Waals surface area contributed by atoms with Gasteiger partial charge in [-0.3, -0.25) is 14.5 Å². The Bertz CT molecular complexity index is 1580. The molecule has 1 amide bonds. The Hall–Kier alpha value is -4.37. The molecule has 1 aliphatic heterocycles. The number of fused-ring (bicyclic) bond motifs is 1. The first kappa shape index (κ1) is 25.3. The van der Waals surface area contributed by atoms with Crippen LogP contribution in [0, 0.1) is 13.8 Å². The lowest BCUT2D eigenvalue weighted by Gasteiger charge is -2.25. The van der Waals surface area contributed by atoms with Crippen LogP contribution >= 0.6 is 11.3 Å². The average molecular weight is 531 g/mol. The van der Waals surface area contributed by atoms with Crippen molar-refractivity contribution in [2.45, 2.75) is 26.8 Å². The number of Topliss-reactive ketones (excluding diaryl/α,β-unsaturated/α-hetero) is 1. The lowest BCUT2D eigenvalue weighted by atomic mass is 9.95. The monoisotopic (exact) mass is 530 g/mol. The third-order valence-electron chi connectivity index (χ3n) is 6.16. The van der Waals surface area contributed by atoms with E-state index in [1.807, 2.05) is 32.9 Å². The summed E-state index contributed by atoms with van der Waals surface area (Å²) >= 11 is 1.32. The minimum absolute atomic E-state index is 0.0120. The third-order valence-corrected chi connectivity index (χ3v) is 7.16. The molecule has 0 spiro atoms. The molecule has 9 heteroatoms. The molecule has 0 saturated carbocycles. The molecule has 0 aliphatic carbocycles. The third kappa shape index (κ3) is 4.35. The summed E-state index contributed by atoms with van der Waals surface area (Å²) in [5, 5.41) is 11.4. The zero-order valence-electron chi connectivity index (χ0n) is 21.2. The number of carbonyl (C=O) groups excluding carboxylic acids is 2. The molecule has 2 aromatic carbocycles. The summed E-state index contributed by atoms with van der Waals surface area (Å²) in [6.07, 6.45) is 2.99. The van der Waals surface area contributed by atoms with Crippen molar-refractivity contribution < 1.29 is 28.6 Å². The summed E-state index contributed by atoms with van der Waals surface area (Å²) in [7, 11) is 0. The maximum Gasteiger partial charge on any atom is 0.296 e. The van der Waals surface area contributed by atoms with Crippen molar-refractivity contribution in [1.29, 1.82) is 0 Å². The van der Waals surface area contributed by atoms with Crippen LogP contribution in [0.25, 0.3) is 10.2 Å². The van der Waals surface area contributed by atoms with E-state index in [9.17, 15) is 14.7 Å². The summed E-state index contributed by atoms with van der Waals surface area (Å²) in [5.41, 5.74) is 3.24. The predicted octanol–water partition coefficient (Wildman–Crippen LogP) is 6.25. The molecule has 4 aromatic rings. The van der Waals surface area contributed by atoms with E-state index < -0.39 is 23.5 Å². The Morgan fingerprint density at radius 2 is 2.03 bits per heavy atom. The summed E-state index contributed by atoms with van der Waals surface area (Å²) < 4.78 is 17.8. The Kier molecular flexibility index (Phi) is 6.77. The lowest BCUT2D eigenvalue weighted by molar-refractivity contribution is -0.117. The van der Waals surface area contributed by atoms with E-state index in [-0.39, 0.29) is 17.9 Å². The Balaban J connectivity index is 1.69. The summed E-state index contributed by atoms with van der Waals surface area (Å²) in [6.45, 7) is 10.1. The number of hydrogen-bond donors (Lipinski definition) is 1. The zero-order chi connectivity index (χ0) is 27.0. The molecular weight excluding hydrogens is 504 g/mol. The SMILES string of the molecule is C=CCOc1ccc(C2C(C(=O)c3ccco3)=C(O)C(=O)N2c2nc3c(C)cc(C)cc3s2)cc1OCC. The van der Waals surface area contributed by atoms with E-state index in [0.717, 1.165) is 21.3 Å². The Labute approximate surface area is 223 Å². The molecule has 3 heterocycles. The molecule has 1 atom stereocenters. The van der Waals surface area contributed by atoms with Crippen LogP contribution in [0.5, 0.6) is 11.5 Å². The van der Waals surface area contributed by atoms with Crippen molar-refractivity contribution in [3.05, 3.63) is 95.2 Å². The van der Waals surface area contributed by atoms with Gasteiger partial charge in [0.25, 0.3) is 5.91 Å². The smallest absolute Gasteiger partial charge is 0.296 e. The molecular formula is C29H26N2O6S. The van der Waals surface area contributed by atoms with E-state index in [1.54, 1.807) is 30.3 Å². The molecule has 194 valence electrons.